The van der Waals surface area contributed by atoms with Crippen LogP contribution < -0.4 is 4.90 Å². The number of anilines is 1. The summed E-state index contributed by atoms with van der Waals surface area (Å²) in [6.45, 7) is 7.63. The van der Waals surface area contributed by atoms with Crippen LogP contribution in [0.25, 0.3) is 6.08 Å². The first-order valence-electron chi connectivity index (χ1n) is 5.30. The van der Waals surface area contributed by atoms with Gasteiger partial charge in [0.1, 0.15) is 0 Å². The molecule has 0 aromatic heterocycles. The van der Waals surface area contributed by atoms with Gasteiger partial charge in [0.25, 0.3) is 0 Å². The van der Waals surface area contributed by atoms with Gasteiger partial charge in [-0.1, -0.05) is 65.6 Å². The number of nitrogens with zero attached hydrogens (tertiary/aromatic N) is 1. The van der Waals surface area contributed by atoms with Crippen molar-refractivity contribution >= 4 is 11.8 Å². The molecule has 0 aliphatic rings. The van der Waals surface area contributed by atoms with Crippen LogP contribution in [0, 0.1) is 0 Å². The van der Waals surface area contributed by atoms with Crippen LogP contribution in [0.3, 0.4) is 0 Å². The van der Waals surface area contributed by atoms with Gasteiger partial charge in [-0.15, -0.1) is 0 Å². The highest BCUT2D eigenvalue weighted by atomic mass is 15.1. The van der Waals surface area contributed by atoms with Crippen LogP contribution in [-0.2, 0) is 0 Å². The summed E-state index contributed by atoms with van der Waals surface area (Å²) in [4.78, 5) is 2.08. The molecule has 1 rings (SSSR count). The standard InChI is InChI=1S/C12H15N.C2H6.2CH4/c1-4-5-6-11-7-9-12(10-8-11)13(2)3;1-2;;/h4-10H,1H2,2-3H3;1-2H3;2*1H4. The maximum atomic E-state index is 3.63. The first-order chi connectivity index (χ1) is 7.24. The minimum atomic E-state index is 0. The quantitative estimate of drug-likeness (QED) is 0.647. The van der Waals surface area contributed by atoms with E-state index in [0.717, 1.165) is 0 Å². The third-order valence-electron chi connectivity index (χ3n) is 1.83. The van der Waals surface area contributed by atoms with Crippen molar-refractivity contribution in [1.29, 1.82) is 0 Å². The summed E-state index contributed by atoms with van der Waals surface area (Å²) in [6, 6.07) is 8.39. The fraction of sp³-hybridized carbons (Fsp3) is 0.375. The van der Waals surface area contributed by atoms with E-state index in [1.165, 1.54) is 11.3 Å². The molecule has 0 heterocycles. The van der Waals surface area contributed by atoms with Crippen LogP contribution in [0.4, 0.5) is 5.69 Å². The van der Waals surface area contributed by atoms with E-state index in [9.17, 15) is 0 Å². The zero-order valence-corrected chi connectivity index (χ0v) is 10.2. The van der Waals surface area contributed by atoms with Gasteiger partial charge in [0.15, 0.2) is 0 Å². The second kappa shape index (κ2) is 12.6. The Labute approximate surface area is 108 Å². The smallest absolute Gasteiger partial charge is 0.0361 e. The molecule has 0 atom stereocenters. The van der Waals surface area contributed by atoms with Crippen LogP contribution in [-0.4, -0.2) is 14.1 Å². The lowest BCUT2D eigenvalue weighted by molar-refractivity contribution is 1.13. The van der Waals surface area contributed by atoms with Gasteiger partial charge in [0, 0.05) is 19.8 Å². The number of allylic oxidation sites excluding steroid dienone is 2. The second-order valence-corrected chi connectivity index (χ2v) is 3.08. The van der Waals surface area contributed by atoms with Gasteiger partial charge in [-0.3, -0.25) is 0 Å². The van der Waals surface area contributed by atoms with E-state index in [4.69, 9.17) is 0 Å². The summed E-state index contributed by atoms with van der Waals surface area (Å²) >= 11 is 0. The molecule has 0 bridgehead atoms. The zero-order chi connectivity index (χ0) is 11.7. The van der Waals surface area contributed by atoms with Crippen molar-refractivity contribution in [2.45, 2.75) is 28.7 Å². The van der Waals surface area contributed by atoms with E-state index in [-0.39, 0.29) is 14.9 Å². The Morgan fingerprint density at radius 2 is 1.47 bits per heavy atom. The Hall–Kier alpha value is -1.50. The molecule has 0 aliphatic heterocycles. The van der Waals surface area contributed by atoms with Crippen LogP contribution in [0.1, 0.15) is 34.3 Å². The monoisotopic (exact) mass is 235 g/mol. The average Bonchev–Trinajstić information content (AvgIpc) is 2.29. The predicted octanol–water partition coefficient (Wildman–Crippen LogP) is 5.25. The molecule has 0 spiro atoms. The lowest BCUT2D eigenvalue weighted by Gasteiger charge is -2.11. The molecular weight excluding hydrogens is 206 g/mol. The second-order valence-electron chi connectivity index (χ2n) is 3.08. The highest BCUT2D eigenvalue weighted by molar-refractivity contribution is 5.56. The van der Waals surface area contributed by atoms with Crippen LogP contribution in [0.2, 0.25) is 0 Å². The molecule has 1 aromatic carbocycles. The Kier molecular flexibility index (Phi) is 15.4. The first-order valence-corrected chi connectivity index (χ1v) is 5.30. The minimum Gasteiger partial charge on any atom is -0.378 e. The van der Waals surface area contributed by atoms with Gasteiger partial charge >= 0.3 is 0 Å². The molecule has 1 nitrogen and oxygen atoms in total. The number of benzene rings is 1. The fourth-order valence-electron chi connectivity index (χ4n) is 1.06. The zero-order valence-electron chi connectivity index (χ0n) is 10.2. The van der Waals surface area contributed by atoms with E-state index >= 15 is 0 Å². The third-order valence-corrected chi connectivity index (χ3v) is 1.83. The van der Waals surface area contributed by atoms with Gasteiger partial charge < -0.3 is 4.90 Å². The van der Waals surface area contributed by atoms with Crippen molar-refractivity contribution in [3.05, 3.63) is 48.6 Å². The Balaban J connectivity index is -0.000000464. The molecule has 1 heteroatoms. The molecule has 0 radical (unpaired) electrons. The van der Waals surface area contributed by atoms with E-state index < -0.39 is 0 Å². The van der Waals surface area contributed by atoms with Crippen molar-refractivity contribution in [3.8, 4) is 0 Å². The maximum absolute atomic E-state index is 3.63. The molecule has 0 unspecified atom stereocenters. The Morgan fingerprint density at radius 3 is 1.82 bits per heavy atom. The summed E-state index contributed by atoms with van der Waals surface area (Å²) in [7, 11) is 4.07. The van der Waals surface area contributed by atoms with Crippen molar-refractivity contribution in [3.63, 3.8) is 0 Å². The summed E-state index contributed by atoms with van der Waals surface area (Å²) in [5.41, 5.74) is 2.42. The summed E-state index contributed by atoms with van der Waals surface area (Å²) in [6.07, 6.45) is 5.75. The van der Waals surface area contributed by atoms with E-state index in [1.807, 2.05) is 40.1 Å². The summed E-state index contributed by atoms with van der Waals surface area (Å²) < 4.78 is 0. The molecule has 0 saturated heterocycles. The molecule has 0 N–H and O–H groups in total. The summed E-state index contributed by atoms with van der Waals surface area (Å²) in [5.74, 6) is 0. The van der Waals surface area contributed by atoms with Gasteiger partial charge in [0.05, 0.1) is 0 Å². The van der Waals surface area contributed by atoms with Gasteiger partial charge in [-0.2, -0.15) is 0 Å². The van der Waals surface area contributed by atoms with Gasteiger partial charge in [-0.25, -0.2) is 0 Å². The molecule has 98 valence electrons. The molecule has 0 fully saturated rings. The van der Waals surface area contributed by atoms with Crippen molar-refractivity contribution in [2.24, 2.45) is 0 Å². The fourth-order valence-corrected chi connectivity index (χ4v) is 1.06. The molecule has 0 aliphatic carbocycles. The number of rotatable bonds is 3. The van der Waals surface area contributed by atoms with Gasteiger partial charge in [-0.05, 0) is 17.7 Å². The van der Waals surface area contributed by atoms with Gasteiger partial charge in [0.2, 0.25) is 0 Å². The molecule has 1 aromatic rings. The molecule has 17 heavy (non-hydrogen) atoms. The topological polar surface area (TPSA) is 3.24 Å². The van der Waals surface area contributed by atoms with Crippen LogP contribution in [0.15, 0.2) is 43.0 Å². The van der Waals surface area contributed by atoms with Crippen LogP contribution in [0.5, 0.6) is 0 Å². The highest BCUT2D eigenvalue weighted by Crippen LogP contribution is 2.12. The number of hydrogen-bond acceptors (Lipinski definition) is 1. The van der Waals surface area contributed by atoms with E-state index in [1.54, 1.807) is 6.08 Å². The lowest BCUT2D eigenvalue weighted by atomic mass is 10.2. The molecule has 0 amide bonds. The van der Waals surface area contributed by atoms with E-state index in [2.05, 4.69) is 35.7 Å². The normalized spacial score (nSPS) is 8.24. The molecule has 0 saturated carbocycles. The Bertz CT molecular complexity index is 294. The molecular formula is C16H29N. The lowest BCUT2D eigenvalue weighted by Crippen LogP contribution is -2.07. The predicted molar refractivity (Wildman–Crippen MR) is 84.8 cm³/mol. The van der Waals surface area contributed by atoms with Crippen molar-refractivity contribution in [1.82, 2.24) is 0 Å². The SMILES string of the molecule is C.C.C=CC=Cc1ccc(N(C)C)cc1.CC. The first kappa shape index (κ1) is 20.9. The number of hydrogen-bond donors (Lipinski definition) is 0. The maximum Gasteiger partial charge on any atom is 0.0361 e. The summed E-state index contributed by atoms with van der Waals surface area (Å²) in [5, 5.41) is 0. The Morgan fingerprint density at radius 1 is 1.00 bits per heavy atom. The van der Waals surface area contributed by atoms with Crippen molar-refractivity contribution < 1.29 is 0 Å². The minimum absolute atomic E-state index is 0. The van der Waals surface area contributed by atoms with Crippen LogP contribution >= 0.6 is 0 Å². The van der Waals surface area contributed by atoms with E-state index in [0.29, 0.717) is 0 Å². The van der Waals surface area contributed by atoms with Crippen molar-refractivity contribution in [2.75, 3.05) is 19.0 Å². The largest absolute Gasteiger partial charge is 0.378 e. The highest BCUT2D eigenvalue weighted by Gasteiger charge is 1.92. The average molecular weight is 235 g/mol. The third kappa shape index (κ3) is 8.32.